The molecular formula is C18H25N3O4. The molecule has 25 heavy (non-hydrogen) atoms. The molecule has 1 aliphatic rings. The van der Waals surface area contributed by atoms with Crippen LogP contribution in [0.15, 0.2) is 23.3 Å². The molecule has 1 heterocycles. The summed E-state index contributed by atoms with van der Waals surface area (Å²) in [5.74, 6) is 0.820. The van der Waals surface area contributed by atoms with Crippen molar-refractivity contribution in [3.05, 3.63) is 23.8 Å². The van der Waals surface area contributed by atoms with E-state index in [2.05, 4.69) is 10.5 Å². The molecule has 0 spiro atoms. The Morgan fingerprint density at radius 2 is 1.96 bits per heavy atom. The van der Waals surface area contributed by atoms with Crippen LogP contribution >= 0.6 is 0 Å². The van der Waals surface area contributed by atoms with Gasteiger partial charge in [0.15, 0.2) is 18.1 Å². The fourth-order valence-electron chi connectivity index (χ4n) is 2.56. The predicted octanol–water partition coefficient (Wildman–Crippen LogP) is 1.95. The van der Waals surface area contributed by atoms with Crippen LogP contribution in [0.4, 0.5) is 0 Å². The Labute approximate surface area is 148 Å². The van der Waals surface area contributed by atoms with Crippen LogP contribution in [0.1, 0.15) is 38.7 Å². The maximum Gasteiger partial charge on any atom is 0.260 e. The fourth-order valence-corrected chi connectivity index (χ4v) is 2.56. The number of nitrogens with zero attached hydrogens (tertiary/aromatic N) is 2. The van der Waals surface area contributed by atoms with Gasteiger partial charge in [0.1, 0.15) is 0 Å². The third-order valence-corrected chi connectivity index (χ3v) is 3.76. The van der Waals surface area contributed by atoms with Crippen LogP contribution in [0.2, 0.25) is 0 Å². The van der Waals surface area contributed by atoms with Crippen molar-refractivity contribution in [3.63, 3.8) is 0 Å². The Hall–Kier alpha value is -2.57. The van der Waals surface area contributed by atoms with Crippen LogP contribution in [0, 0.1) is 0 Å². The normalized spacial score (nSPS) is 14.4. The number of rotatable bonds is 7. The lowest BCUT2D eigenvalue weighted by Crippen LogP contribution is -2.38. The highest BCUT2D eigenvalue weighted by molar-refractivity contribution is 5.83. The van der Waals surface area contributed by atoms with E-state index in [-0.39, 0.29) is 18.4 Å². The number of benzene rings is 1. The summed E-state index contributed by atoms with van der Waals surface area (Å²) >= 11 is 0. The molecule has 2 amide bonds. The smallest absolute Gasteiger partial charge is 0.260 e. The van der Waals surface area contributed by atoms with Gasteiger partial charge < -0.3 is 14.4 Å². The minimum absolute atomic E-state index is 0.000593. The lowest BCUT2D eigenvalue weighted by atomic mass is 10.1. The van der Waals surface area contributed by atoms with Gasteiger partial charge in [0.25, 0.3) is 5.91 Å². The number of hydrazone groups is 1. The number of amides is 2. The Morgan fingerprint density at radius 1 is 1.20 bits per heavy atom. The monoisotopic (exact) mass is 347 g/mol. The Bertz CT molecular complexity index is 625. The minimum atomic E-state index is -0.238. The second-order valence-electron chi connectivity index (χ2n) is 5.80. The Morgan fingerprint density at radius 3 is 2.64 bits per heavy atom. The van der Waals surface area contributed by atoms with Crippen molar-refractivity contribution >= 4 is 18.0 Å². The van der Waals surface area contributed by atoms with E-state index in [4.69, 9.17) is 9.47 Å². The lowest BCUT2D eigenvalue weighted by Gasteiger charge is -2.26. The number of hydrogen-bond donors (Lipinski definition) is 1. The average molecular weight is 347 g/mol. The van der Waals surface area contributed by atoms with Crippen molar-refractivity contribution < 1.29 is 19.1 Å². The first-order chi connectivity index (χ1) is 12.1. The topological polar surface area (TPSA) is 80.2 Å². The molecule has 1 aromatic rings. The highest BCUT2D eigenvalue weighted by atomic mass is 16.5. The second-order valence-corrected chi connectivity index (χ2v) is 5.80. The summed E-state index contributed by atoms with van der Waals surface area (Å²) in [4.78, 5) is 24.9. The average Bonchev–Trinajstić information content (AvgIpc) is 2.61. The summed E-state index contributed by atoms with van der Waals surface area (Å²) in [5, 5.41) is 3.83. The summed E-state index contributed by atoms with van der Waals surface area (Å²) in [6.07, 6.45) is 4.81. The largest absolute Gasteiger partial charge is 0.490 e. The lowest BCUT2D eigenvalue weighted by molar-refractivity contribution is -0.134. The van der Waals surface area contributed by atoms with Crippen molar-refractivity contribution in [3.8, 4) is 11.5 Å². The van der Waals surface area contributed by atoms with E-state index in [0.29, 0.717) is 18.1 Å². The van der Waals surface area contributed by atoms with Crippen LogP contribution in [-0.4, -0.2) is 49.2 Å². The number of carbonyl (C=O) groups excluding carboxylic acids is 2. The number of piperidine rings is 1. The van der Waals surface area contributed by atoms with Crippen LogP contribution in [0.3, 0.4) is 0 Å². The fraction of sp³-hybridized carbons (Fsp3) is 0.500. The van der Waals surface area contributed by atoms with Crippen LogP contribution in [0.5, 0.6) is 11.5 Å². The Kier molecular flexibility index (Phi) is 7.25. The number of likely N-dealkylation sites (tertiary alicyclic amines) is 1. The molecular weight excluding hydrogens is 322 g/mol. The summed E-state index contributed by atoms with van der Waals surface area (Å²) in [6.45, 7) is 5.35. The highest BCUT2D eigenvalue weighted by Crippen LogP contribution is 2.28. The van der Waals surface area contributed by atoms with Gasteiger partial charge in [-0.1, -0.05) is 0 Å². The number of hydrogen-bond acceptors (Lipinski definition) is 5. The quantitative estimate of drug-likeness (QED) is 0.604. The predicted molar refractivity (Wildman–Crippen MR) is 94.9 cm³/mol. The van der Waals surface area contributed by atoms with Crippen LogP contribution < -0.4 is 14.9 Å². The van der Waals surface area contributed by atoms with Gasteiger partial charge in [0, 0.05) is 20.0 Å². The van der Waals surface area contributed by atoms with Crippen molar-refractivity contribution in [1.29, 1.82) is 0 Å². The SMILES string of the molecule is CCOc1cc(/C=N\NC(C)=O)ccc1OCC(=O)N1CCCCC1. The van der Waals surface area contributed by atoms with Crippen molar-refractivity contribution in [2.75, 3.05) is 26.3 Å². The van der Waals surface area contributed by atoms with Gasteiger partial charge in [0.2, 0.25) is 5.91 Å². The molecule has 1 saturated heterocycles. The molecule has 2 rings (SSSR count). The summed E-state index contributed by atoms with van der Waals surface area (Å²) < 4.78 is 11.3. The molecule has 0 aliphatic carbocycles. The van der Waals surface area contributed by atoms with E-state index in [9.17, 15) is 9.59 Å². The third-order valence-electron chi connectivity index (χ3n) is 3.76. The van der Waals surface area contributed by atoms with Crippen molar-refractivity contribution in [2.45, 2.75) is 33.1 Å². The van der Waals surface area contributed by atoms with E-state index in [0.717, 1.165) is 31.5 Å². The van der Waals surface area contributed by atoms with Gasteiger partial charge in [-0.3, -0.25) is 9.59 Å². The zero-order valence-electron chi connectivity index (χ0n) is 14.8. The standard InChI is InChI=1S/C18H25N3O4/c1-3-24-17-11-15(12-19-20-14(2)22)7-8-16(17)25-13-18(23)21-9-5-4-6-10-21/h7-8,11-12H,3-6,9-10,13H2,1-2H3,(H,20,22)/b19-12-. The first kappa shape index (κ1) is 18.8. The molecule has 0 unspecified atom stereocenters. The molecule has 0 radical (unpaired) electrons. The zero-order valence-corrected chi connectivity index (χ0v) is 14.8. The molecule has 1 aliphatic heterocycles. The number of carbonyl (C=O) groups is 2. The maximum atomic E-state index is 12.2. The molecule has 1 N–H and O–H groups in total. The third kappa shape index (κ3) is 6.10. The van der Waals surface area contributed by atoms with Gasteiger partial charge in [-0.05, 0) is 49.9 Å². The van der Waals surface area contributed by atoms with E-state index in [1.807, 2.05) is 11.8 Å². The van der Waals surface area contributed by atoms with Crippen LogP contribution in [0.25, 0.3) is 0 Å². The van der Waals surface area contributed by atoms with Gasteiger partial charge in [0.05, 0.1) is 12.8 Å². The van der Waals surface area contributed by atoms with Gasteiger partial charge in [-0.15, -0.1) is 0 Å². The number of nitrogens with one attached hydrogen (secondary N) is 1. The molecule has 136 valence electrons. The second kappa shape index (κ2) is 9.66. The zero-order chi connectivity index (χ0) is 18.1. The van der Waals surface area contributed by atoms with E-state index in [1.165, 1.54) is 19.6 Å². The minimum Gasteiger partial charge on any atom is -0.490 e. The van der Waals surface area contributed by atoms with E-state index >= 15 is 0 Å². The van der Waals surface area contributed by atoms with Gasteiger partial charge >= 0.3 is 0 Å². The summed E-state index contributed by atoms with van der Waals surface area (Å²) in [6, 6.07) is 5.29. The summed E-state index contributed by atoms with van der Waals surface area (Å²) in [5.41, 5.74) is 3.10. The first-order valence-electron chi connectivity index (χ1n) is 8.57. The molecule has 0 saturated carbocycles. The van der Waals surface area contributed by atoms with E-state index < -0.39 is 0 Å². The molecule has 7 nitrogen and oxygen atoms in total. The van der Waals surface area contributed by atoms with Crippen molar-refractivity contribution in [1.82, 2.24) is 10.3 Å². The molecule has 1 aromatic carbocycles. The van der Waals surface area contributed by atoms with Crippen molar-refractivity contribution in [2.24, 2.45) is 5.10 Å². The summed E-state index contributed by atoms with van der Waals surface area (Å²) in [7, 11) is 0. The molecule has 7 heteroatoms. The number of ether oxygens (including phenoxy) is 2. The first-order valence-corrected chi connectivity index (χ1v) is 8.57. The molecule has 1 fully saturated rings. The maximum absolute atomic E-state index is 12.2. The van der Waals surface area contributed by atoms with Gasteiger partial charge in [-0.25, -0.2) is 5.43 Å². The molecule has 0 aromatic heterocycles. The molecule has 0 bridgehead atoms. The molecule has 0 atom stereocenters. The van der Waals surface area contributed by atoms with Crippen LogP contribution in [-0.2, 0) is 9.59 Å². The highest BCUT2D eigenvalue weighted by Gasteiger charge is 2.17. The van der Waals surface area contributed by atoms with E-state index in [1.54, 1.807) is 18.2 Å². The Balaban J connectivity index is 1.99. The van der Waals surface area contributed by atoms with Gasteiger partial charge in [-0.2, -0.15) is 5.10 Å².